The summed E-state index contributed by atoms with van der Waals surface area (Å²) in [7, 11) is 0. The van der Waals surface area contributed by atoms with E-state index in [-0.39, 0.29) is 0 Å². The predicted molar refractivity (Wildman–Crippen MR) is 115 cm³/mol. The molecule has 0 aliphatic carbocycles. The van der Waals surface area contributed by atoms with Gasteiger partial charge in [-0.3, -0.25) is 0 Å². The Kier molecular flexibility index (Phi) is 5.16. The lowest BCUT2D eigenvalue weighted by Gasteiger charge is -2.09. The average molecular weight is 404 g/mol. The molecule has 5 heteroatoms. The molecule has 3 nitrogen and oxygen atoms in total. The number of nitriles is 1. The number of hydrogen-bond acceptors (Lipinski definition) is 2. The fourth-order valence-electron chi connectivity index (χ4n) is 3.13. The van der Waals surface area contributed by atoms with Gasteiger partial charge >= 0.3 is 0 Å². The molecule has 0 atom stereocenters. The van der Waals surface area contributed by atoms with Crippen LogP contribution in [-0.4, -0.2) is 9.55 Å². The molecule has 0 spiro atoms. The highest BCUT2D eigenvalue weighted by Gasteiger charge is 2.15. The fourth-order valence-corrected chi connectivity index (χ4v) is 3.59. The molecule has 1 aromatic heterocycles. The van der Waals surface area contributed by atoms with Crippen LogP contribution in [0.4, 0.5) is 0 Å². The van der Waals surface area contributed by atoms with Gasteiger partial charge in [0.25, 0.3) is 0 Å². The first-order valence-corrected chi connectivity index (χ1v) is 9.48. The summed E-state index contributed by atoms with van der Waals surface area (Å²) in [5, 5.41) is 10.9. The zero-order valence-corrected chi connectivity index (χ0v) is 16.3. The van der Waals surface area contributed by atoms with Gasteiger partial charge in [-0.1, -0.05) is 71.7 Å². The first-order valence-electron chi connectivity index (χ1n) is 8.72. The number of nitrogens with zero attached hydrogens (tertiary/aromatic N) is 3. The van der Waals surface area contributed by atoms with E-state index in [1.54, 1.807) is 24.3 Å². The van der Waals surface area contributed by atoms with Crippen molar-refractivity contribution in [3.05, 3.63) is 99.8 Å². The lowest BCUT2D eigenvalue weighted by molar-refractivity contribution is 0.811. The maximum absolute atomic E-state index is 9.86. The molecular formula is C23H15Cl2N3. The van der Waals surface area contributed by atoms with Crippen LogP contribution in [0.3, 0.4) is 0 Å². The molecule has 136 valence electrons. The van der Waals surface area contributed by atoms with E-state index in [0.29, 0.717) is 28.0 Å². The van der Waals surface area contributed by atoms with Crippen LogP contribution in [0.2, 0.25) is 10.0 Å². The van der Waals surface area contributed by atoms with Crippen LogP contribution < -0.4 is 0 Å². The lowest BCUT2D eigenvalue weighted by atomic mass is 10.1. The first kappa shape index (κ1) is 18.3. The molecule has 0 aliphatic heterocycles. The predicted octanol–water partition coefficient (Wildman–Crippen LogP) is 6.46. The molecule has 0 saturated heterocycles. The summed E-state index contributed by atoms with van der Waals surface area (Å²) in [6.45, 7) is 0.615. The molecule has 0 bridgehead atoms. The summed E-state index contributed by atoms with van der Waals surface area (Å²) in [5.41, 5.74) is 4.12. The van der Waals surface area contributed by atoms with Crippen LogP contribution in [-0.2, 0) is 6.54 Å². The van der Waals surface area contributed by atoms with Gasteiger partial charge in [0.1, 0.15) is 6.07 Å². The highest BCUT2D eigenvalue weighted by atomic mass is 35.5. The molecule has 0 fully saturated rings. The summed E-state index contributed by atoms with van der Waals surface area (Å²) >= 11 is 12.3. The van der Waals surface area contributed by atoms with Gasteiger partial charge in [0, 0.05) is 16.6 Å². The number of imidazole rings is 1. The Morgan fingerprint density at radius 1 is 1.00 bits per heavy atom. The van der Waals surface area contributed by atoms with Crippen molar-refractivity contribution in [3.63, 3.8) is 0 Å². The van der Waals surface area contributed by atoms with Gasteiger partial charge in [-0.25, -0.2) is 4.98 Å². The Hall–Kier alpha value is -3.06. The number of halogens is 2. The third kappa shape index (κ3) is 3.66. The van der Waals surface area contributed by atoms with Gasteiger partial charge in [-0.15, -0.1) is 0 Å². The molecule has 0 aliphatic rings. The molecule has 0 N–H and O–H groups in total. The second kappa shape index (κ2) is 7.90. The topological polar surface area (TPSA) is 41.6 Å². The summed E-state index contributed by atoms with van der Waals surface area (Å²) < 4.78 is 2.06. The van der Waals surface area contributed by atoms with E-state index >= 15 is 0 Å². The number of para-hydroxylation sites is 2. The molecule has 0 saturated carbocycles. The van der Waals surface area contributed by atoms with E-state index in [1.165, 1.54) is 0 Å². The zero-order valence-electron chi connectivity index (χ0n) is 14.8. The molecule has 4 rings (SSSR count). The lowest BCUT2D eigenvalue weighted by Crippen LogP contribution is -2.04. The van der Waals surface area contributed by atoms with Gasteiger partial charge in [0.05, 0.1) is 16.6 Å². The van der Waals surface area contributed by atoms with Crippen LogP contribution >= 0.6 is 23.2 Å². The van der Waals surface area contributed by atoms with E-state index in [0.717, 1.165) is 22.2 Å². The molecule has 28 heavy (non-hydrogen) atoms. The van der Waals surface area contributed by atoms with Gasteiger partial charge in [-0.05, 0) is 41.5 Å². The largest absolute Gasteiger partial charge is 0.319 e. The molecule has 0 unspecified atom stereocenters. The SMILES string of the molecule is N#C/C(=C\c1ccc(Cl)cc1Cl)c1nc2ccccc2n1Cc1ccccc1. The Labute approximate surface area is 173 Å². The first-order chi connectivity index (χ1) is 13.7. The van der Waals surface area contributed by atoms with Gasteiger partial charge < -0.3 is 4.57 Å². The van der Waals surface area contributed by atoms with E-state index in [4.69, 9.17) is 28.2 Å². The van der Waals surface area contributed by atoms with Gasteiger partial charge in [0.2, 0.25) is 0 Å². The Morgan fingerprint density at radius 3 is 2.50 bits per heavy atom. The van der Waals surface area contributed by atoms with Crippen molar-refractivity contribution in [1.29, 1.82) is 5.26 Å². The highest BCUT2D eigenvalue weighted by Crippen LogP contribution is 2.28. The number of fused-ring (bicyclic) bond motifs is 1. The summed E-state index contributed by atoms with van der Waals surface area (Å²) in [6.07, 6.45) is 1.75. The van der Waals surface area contributed by atoms with Crippen LogP contribution in [0.25, 0.3) is 22.7 Å². The Bertz CT molecular complexity index is 1220. The average Bonchev–Trinajstić information content (AvgIpc) is 3.07. The molecule has 0 radical (unpaired) electrons. The fraction of sp³-hybridized carbons (Fsp3) is 0.0435. The molecule has 0 amide bonds. The normalized spacial score (nSPS) is 11.5. The van der Waals surface area contributed by atoms with Crippen molar-refractivity contribution in [1.82, 2.24) is 9.55 Å². The van der Waals surface area contributed by atoms with Crippen LogP contribution in [0.15, 0.2) is 72.8 Å². The minimum atomic E-state index is 0.441. The minimum absolute atomic E-state index is 0.441. The van der Waals surface area contributed by atoms with Crippen molar-refractivity contribution in [3.8, 4) is 6.07 Å². The molecule has 4 aromatic rings. The Morgan fingerprint density at radius 2 is 1.75 bits per heavy atom. The van der Waals surface area contributed by atoms with Gasteiger partial charge in [0.15, 0.2) is 5.82 Å². The second-order valence-corrected chi connectivity index (χ2v) is 7.18. The molecular weight excluding hydrogens is 389 g/mol. The van der Waals surface area contributed by atoms with E-state index < -0.39 is 0 Å². The van der Waals surface area contributed by atoms with Crippen molar-refractivity contribution in [2.24, 2.45) is 0 Å². The third-order valence-corrected chi connectivity index (χ3v) is 5.02. The van der Waals surface area contributed by atoms with Crippen LogP contribution in [0, 0.1) is 11.3 Å². The molecule has 3 aromatic carbocycles. The maximum Gasteiger partial charge on any atom is 0.152 e. The number of allylic oxidation sites excluding steroid dienone is 1. The number of aromatic nitrogens is 2. The zero-order chi connectivity index (χ0) is 19.5. The maximum atomic E-state index is 9.86. The monoisotopic (exact) mass is 403 g/mol. The second-order valence-electron chi connectivity index (χ2n) is 6.33. The number of hydrogen-bond donors (Lipinski definition) is 0. The minimum Gasteiger partial charge on any atom is -0.319 e. The quantitative estimate of drug-likeness (QED) is 0.367. The summed E-state index contributed by atoms with van der Waals surface area (Å²) in [5.74, 6) is 0.610. The highest BCUT2D eigenvalue weighted by molar-refractivity contribution is 6.35. The van der Waals surface area contributed by atoms with Crippen molar-refractivity contribution in [2.45, 2.75) is 6.54 Å². The third-order valence-electron chi connectivity index (χ3n) is 4.46. The van der Waals surface area contributed by atoms with Gasteiger partial charge in [-0.2, -0.15) is 5.26 Å². The van der Waals surface area contributed by atoms with Crippen molar-refractivity contribution < 1.29 is 0 Å². The Balaban J connectivity index is 1.88. The van der Waals surface area contributed by atoms with Crippen LogP contribution in [0.1, 0.15) is 17.0 Å². The van der Waals surface area contributed by atoms with E-state index in [2.05, 4.69) is 22.8 Å². The van der Waals surface area contributed by atoms with E-state index in [9.17, 15) is 5.26 Å². The van der Waals surface area contributed by atoms with Crippen molar-refractivity contribution >= 4 is 45.9 Å². The van der Waals surface area contributed by atoms with E-state index in [1.807, 2.05) is 42.5 Å². The standard InChI is InChI=1S/C23H15Cl2N3/c24-19-11-10-17(20(25)13-19)12-18(14-26)23-27-21-8-4-5-9-22(21)28(23)15-16-6-2-1-3-7-16/h1-13H,15H2/b18-12+. The summed E-state index contributed by atoms with van der Waals surface area (Å²) in [4.78, 5) is 4.73. The number of rotatable bonds is 4. The molecule has 1 heterocycles. The summed E-state index contributed by atoms with van der Waals surface area (Å²) in [6, 6.07) is 25.5. The number of benzene rings is 3. The van der Waals surface area contributed by atoms with Crippen LogP contribution in [0.5, 0.6) is 0 Å². The van der Waals surface area contributed by atoms with Crippen molar-refractivity contribution in [2.75, 3.05) is 0 Å². The smallest absolute Gasteiger partial charge is 0.152 e.